The molecule has 4 nitrogen and oxygen atoms in total. The number of fused-ring (bicyclic) bond motifs is 3. The van der Waals surface area contributed by atoms with E-state index >= 15 is 0 Å². The Kier molecular flexibility index (Phi) is 5.01. The zero-order valence-corrected chi connectivity index (χ0v) is 17.7. The van der Waals surface area contributed by atoms with Crippen LogP contribution in [0.3, 0.4) is 0 Å². The molecule has 3 fully saturated rings. The molecule has 0 aromatic heterocycles. The van der Waals surface area contributed by atoms with Crippen molar-refractivity contribution in [3.8, 4) is 0 Å². The number of hydrogen-bond acceptors (Lipinski definition) is 3. The van der Waals surface area contributed by atoms with Crippen LogP contribution in [0.2, 0.25) is 0 Å². The summed E-state index contributed by atoms with van der Waals surface area (Å²) in [7, 11) is 0. The van der Waals surface area contributed by atoms with Crippen molar-refractivity contribution >= 4 is 17.4 Å². The van der Waals surface area contributed by atoms with Gasteiger partial charge in [-0.15, -0.1) is 0 Å². The largest absolute Gasteiger partial charge is 0.302 e. The van der Waals surface area contributed by atoms with Crippen LogP contribution >= 0.6 is 0 Å². The molecule has 0 spiro atoms. The number of nitrogens with zero attached hydrogens (tertiary/aromatic N) is 2. The molecule has 4 aliphatic rings. The first-order valence-electron chi connectivity index (χ1n) is 11.8. The number of carbonyl (C=O) groups excluding carboxylic acids is 2. The Hall–Kier alpha value is -1.68. The molecule has 156 valence electrons. The number of ketones is 1. The molecule has 3 aliphatic heterocycles. The van der Waals surface area contributed by atoms with Crippen LogP contribution in [0.5, 0.6) is 0 Å². The van der Waals surface area contributed by atoms with Gasteiger partial charge in [0.15, 0.2) is 0 Å². The second-order valence-corrected chi connectivity index (χ2v) is 10.1. The third-order valence-electron chi connectivity index (χ3n) is 8.15. The first-order valence-corrected chi connectivity index (χ1v) is 11.8. The summed E-state index contributed by atoms with van der Waals surface area (Å²) in [4.78, 5) is 30.2. The van der Waals surface area contributed by atoms with Crippen LogP contribution in [0.4, 0.5) is 5.69 Å². The van der Waals surface area contributed by atoms with Crippen molar-refractivity contribution in [1.29, 1.82) is 0 Å². The summed E-state index contributed by atoms with van der Waals surface area (Å²) in [5.74, 6) is -0.528. The third kappa shape index (κ3) is 3.34. The predicted octanol–water partition coefficient (Wildman–Crippen LogP) is 4.64. The molecular formula is C25H34N2O2. The molecule has 1 aromatic rings. The number of para-hydroxylation sites is 1. The van der Waals surface area contributed by atoms with Crippen molar-refractivity contribution < 1.29 is 9.59 Å². The van der Waals surface area contributed by atoms with Crippen LogP contribution in [0.15, 0.2) is 24.3 Å². The summed E-state index contributed by atoms with van der Waals surface area (Å²) in [5, 5.41) is 0. The van der Waals surface area contributed by atoms with E-state index in [1.54, 1.807) is 0 Å². The molecule has 0 radical (unpaired) electrons. The van der Waals surface area contributed by atoms with Gasteiger partial charge in [-0.3, -0.25) is 14.5 Å². The van der Waals surface area contributed by atoms with E-state index in [0.29, 0.717) is 12.1 Å². The summed E-state index contributed by atoms with van der Waals surface area (Å²) in [6, 6.07) is 9.42. The molecule has 2 saturated heterocycles. The summed E-state index contributed by atoms with van der Waals surface area (Å²) >= 11 is 0. The molecule has 1 saturated carbocycles. The molecule has 4 heteroatoms. The minimum absolute atomic E-state index is 0.148. The lowest BCUT2D eigenvalue weighted by atomic mass is 9.81. The number of carbonyl (C=O) groups is 2. The molecule has 1 aromatic carbocycles. The molecule has 0 N–H and O–H groups in total. The van der Waals surface area contributed by atoms with E-state index in [4.69, 9.17) is 0 Å². The predicted molar refractivity (Wildman–Crippen MR) is 115 cm³/mol. The van der Waals surface area contributed by atoms with Crippen LogP contribution in [0.1, 0.15) is 83.1 Å². The molecule has 2 bridgehead atoms. The maximum absolute atomic E-state index is 13.0. The van der Waals surface area contributed by atoms with Crippen LogP contribution in [-0.4, -0.2) is 40.3 Å². The van der Waals surface area contributed by atoms with E-state index in [-0.39, 0.29) is 29.7 Å². The second kappa shape index (κ2) is 7.54. The fourth-order valence-electron chi connectivity index (χ4n) is 6.93. The van der Waals surface area contributed by atoms with Gasteiger partial charge in [0.1, 0.15) is 0 Å². The quantitative estimate of drug-likeness (QED) is 0.686. The van der Waals surface area contributed by atoms with E-state index < -0.39 is 0 Å². The zero-order valence-electron chi connectivity index (χ0n) is 17.7. The van der Waals surface area contributed by atoms with E-state index in [1.165, 1.54) is 57.8 Å². The highest BCUT2D eigenvalue weighted by atomic mass is 16.2. The van der Waals surface area contributed by atoms with Gasteiger partial charge in [-0.05, 0) is 57.1 Å². The van der Waals surface area contributed by atoms with Crippen molar-refractivity contribution in [3.05, 3.63) is 29.8 Å². The Morgan fingerprint density at radius 3 is 2.38 bits per heavy atom. The standard InChI is InChI=1S/C25H34N2O2/c1-25-14-13-20(27(25)19-10-5-3-2-4-6-11-19)16-21(17-25)26-22-12-8-7-9-18(22)15-23(28)24(26)29/h7-9,12,19-21H,2-6,10-11,13-17H2,1H3/t20-,21-,25+/m0/s1. The SMILES string of the molecule is C[C@@]12CC[C@@H](C[C@H](N3C(=O)C(=O)Cc4ccccc43)C1)N2C1CCCCCCC1. The van der Waals surface area contributed by atoms with Gasteiger partial charge in [0, 0.05) is 35.8 Å². The summed E-state index contributed by atoms with van der Waals surface area (Å²) in [6.45, 7) is 2.43. The van der Waals surface area contributed by atoms with Crippen molar-refractivity contribution in [1.82, 2.24) is 4.90 Å². The maximum Gasteiger partial charge on any atom is 0.294 e. The van der Waals surface area contributed by atoms with Crippen molar-refractivity contribution in [3.63, 3.8) is 0 Å². The normalized spacial score (nSPS) is 34.0. The molecular weight excluding hydrogens is 360 g/mol. The first kappa shape index (κ1) is 19.3. The lowest BCUT2D eigenvalue weighted by Gasteiger charge is -2.52. The monoisotopic (exact) mass is 394 g/mol. The Labute approximate surface area is 174 Å². The van der Waals surface area contributed by atoms with Gasteiger partial charge in [-0.2, -0.15) is 0 Å². The van der Waals surface area contributed by atoms with Gasteiger partial charge >= 0.3 is 0 Å². The number of Topliss-reactive ketones (excluding diaryl/α,β-unsaturated/α-hetero) is 1. The molecule has 3 atom stereocenters. The van der Waals surface area contributed by atoms with Crippen LogP contribution in [0.25, 0.3) is 0 Å². The minimum Gasteiger partial charge on any atom is -0.302 e. The Balaban J connectivity index is 1.42. The Morgan fingerprint density at radius 2 is 1.62 bits per heavy atom. The van der Waals surface area contributed by atoms with Gasteiger partial charge in [-0.1, -0.05) is 50.3 Å². The number of rotatable bonds is 2. The maximum atomic E-state index is 13.0. The summed E-state index contributed by atoms with van der Waals surface area (Å²) < 4.78 is 0. The molecule has 3 heterocycles. The number of amides is 1. The second-order valence-electron chi connectivity index (χ2n) is 10.1. The molecule has 1 amide bonds. The molecule has 1 aliphatic carbocycles. The summed E-state index contributed by atoms with van der Waals surface area (Å²) in [5.41, 5.74) is 2.15. The van der Waals surface area contributed by atoms with Gasteiger partial charge in [0.25, 0.3) is 5.91 Å². The Morgan fingerprint density at radius 1 is 0.897 bits per heavy atom. The highest BCUT2D eigenvalue weighted by molar-refractivity contribution is 6.43. The lowest BCUT2D eigenvalue weighted by Crippen LogP contribution is -2.61. The molecule has 29 heavy (non-hydrogen) atoms. The molecule has 0 unspecified atom stereocenters. The smallest absolute Gasteiger partial charge is 0.294 e. The van der Waals surface area contributed by atoms with E-state index in [2.05, 4.69) is 11.8 Å². The van der Waals surface area contributed by atoms with Gasteiger partial charge in [0.05, 0.1) is 0 Å². The third-order valence-corrected chi connectivity index (χ3v) is 8.15. The van der Waals surface area contributed by atoms with Crippen molar-refractivity contribution in [2.24, 2.45) is 0 Å². The number of anilines is 1. The van der Waals surface area contributed by atoms with Crippen LogP contribution in [-0.2, 0) is 16.0 Å². The number of piperidine rings is 1. The van der Waals surface area contributed by atoms with E-state index in [9.17, 15) is 9.59 Å². The average Bonchev–Trinajstić information content (AvgIpc) is 2.88. The summed E-state index contributed by atoms with van der Waals surface area (Å²) in [6.07, 6.45) is 14.3. The van der Waals surface area contributed by atoms with E-state index in [1.807, 2.05) is 29.2 Å². The Bertz CT molecular complexity index is 798. The molecule has 5 rings (SSSR count). The highest BCUT2D eigenvalue weighted by Gasteiger charge is 2.53. The number of benzene rings is 1. The van der Waals surface area contributed by atoms with Crippen LogP contribution in [0, 0.1) is 0 Å². The van der Waals surface area contributed by atoms with Gasteiger partial charge in [-0.25, -0.2) is 0 Å². The van der Waals surface area contributed by atoms with Crippen LogP contribution < -0.4 is 4.90 Å². The topological polar surface area (TPSA) is 40.6 Å². The lowest BCUT2D eigenvalue weighted by molar-refractivity contribution is -0.137. The zero-order chi connectivity index (χ0) is 20.0. The minimum atomic E-state index is -0.281. The van der Waals surface area contributed by atoms with Gasteiger partial charge in [0.2, 0.25) is 5.78 Å². The fourth-order valence-corrected chi connectivity index (χ4v) is 6.93. The van der Waals surface area contributed by atoms with E-state index in [0.717, 1.165) is 24.1 Å². The van der Waals surface area contributed by atoms with Crippen molar-refractivity contribution in [2.45, 2.75) is 108 Å². The highest BCUT2D eigenvalue weighted by Crippen LogP contribution is 2.49. The average molecular weight is 395 g/mol. The first-order chi connectivity index (χ1) is 14.1. The fraction of sp³-hybridized carbons (Fsp3) is 0.680. The van der Waals surface area contributed by atoms with Gasteiger partial charge < -0.3 is 4.90 Å². The number of hydrogen-bond donors (Lipinski definition) is 0. The van der Waals surface area contributed by atoms with Crippen molar-refractivity contribution in [2.75, 3.05) is 4.90 Å².